The van der Waals surface area contributed by atoms with Gasteiger partial charge in [0.2, 0.25) is 5.91 Å². The molecule has 5 nitrogen and oxygen atoms in total. The van der Waals surface area contributed by atoms with E-state index in [4.69, 9.17) is 9.47 Å². The fraction of sp³-hybridized carbons (Fsp3) is 0.923. The highest BCUT2D eigenvalue weighted by Crippen LogP contribution is 2.23. The van der Waals surface area contributed by atoms with Crippen molar-refractivity contribution in [3.05, 3.63) is 0 Å². The first-order valence-electron chi connectivity index (χ1n) is 6.84. The highest BCUT2D eigenvalue weighted by atomic mass is 16.5. The molecule has 0 spiro atoms. The SMILES string of the molecule is CO[C@H]1CNCC1NC(=O)C(C)C1CCOCC1. The van der Waals surface area contributed by atoms with Gasteiger partial charge in [-0.05, 0) is 18.8 Å². The van der Waals surface area contributed by atoms with Crippen LogP contribution in [0, 0.1) is 11.8 Å². The van der Waals surface area contributed by atoms with E-state index in [2.05, 4.69) is 10.6 Å². The first-order chi connectivity index (χ1) is 8.72. The first-order valence-corrected chi connectivity index (χ1v) is 6.84. The smallest absolute Gasteiger partial charge is 0.223 e. The second-order valence-electron chi connectivity index (χ2n) is 5.29. The molecule has 0 aromatic rings. The molecule has 0 aliphatic carbocycles. The van der Waals surface area contributed by atoms with E-state index in [0.717, 1.165) is 39.1 Å². The van der Waals surface area contributed by atoms with Gasteiger partial charge in [0.1, 0.15) is 0 Å². The Labute approximate surface area is 109 Å². The number of hydrogen-bond donors (Lipinski definition) is 2. The number of methoxy groups -OCH3 is 1. The molecule has 2 fully saturated rings. The number of nitrogens with one attached hydrogen (secondary N) is 2. The molecule has 0 aromatic carbocycles. The predicted octanol–water partition coefficient (Wildman–Crippen LogP) is 0.152. The Bertz CT molecular complexity index is 279. The number of carbonyl (C=O) groups is 1. The number of carbonyl (C=O) groups excluding carboxylic acids is 1. The molecule has 0 bridgehead atoms. The number of amides is 1. The Morgan fingerprint density at radius 1 is 1.39 bits per heavy atom. The van der Waals surface area contributed by atoms with Gasteiger partial charge in [-0.25, -0.2) is 0 Å². The maximum absolute atomic E-state index is 12.2. The minimum atomic E-state index is 0.0620. The lowest BCUT2D eigenvalue weighted by Crippen LogP contribution is -2.47. The molecule has 2 rings (SSSR count). The van der Waals surface area contributed by atoms with Crippen LogP contribution in [0.15, 0.2) is 0 Å². The van der Waals surface area contributed by atoms with E-state index < -0.39 is 0 Å². The molecule has 1 amide bonds. The van der Waals surface area contributed by atoms with Gasteiger partial charge in [-0.15, -0.1) is 0 Å². The molecular formula is C13H24N2O3. The van der Waals surface area contributed by atoms with Crippen molar-refractivity contribution in [3.8, 4) is 0 Å². The van der Waals surface area contributed by atoms with Crippen molar-refractivity contribution in [1.82, 2.24) is 10.6 Å². The lowest BCUT2D eigenvalue weighted by molar-refractivity contribution is -0.128. The molecule has 2 saturated heterocycles. The first kappa shape index (κ1) is 13.8. The maximum Gasteiger partial charge on any atom is 0.223 e. The van der Waals surface area contributed by atoms with Gasteiger partial charge < -0.3 is 20.1 Å². The summed E-state index contributed by atoms with van der Waals surface area (Å²) < 4.78 is 10.7. The Morgan fingerprint density at radius 3 is 2.78 bits per heavy atom. The zero-order chi connectivity index (χ0) is 13.0. The third-order valence-corrected chi connectivity index (χ3v) is 4.18. The fourth-order valence-electron chi connectivity index (χ4n) is 2.79. The van der Waals surface area contributed by atoms with Crippen molar-refractivity contribution in [1.29, 1.82) is 0 Å². The normalized spacial score (nSPS) is 31.2. The molecule has 2 aliphatic heterocycles. The number of ether oxygens (including phenoxy) is 2. The third-order valence-electron chi connectivity index (χ3n) is 4.18. The summed E-state index contributed by atoms with van der Waals surface area (Å²) >= 11 is 0. The van der Waals surface area contributed by atoms with Crippen molar-refractivity contribution >= 4 is 5.91 Å². The van der Waals surface area contributed by atoms with Gasteiger partial charge >= 0.3 is 0 Å². The average Bonchev–Trinajstić information content (AvgIpc) is 2.86. The highest BCUT2D eigenvalue weighted by molar-refractivity contribution is 5.79. The minimum absolute atomic E-state index is 0.0620. The molecule has 0 saturated carbocycles. The van der Waals surface area contributed by atoms with Gasteiger partial charge in [-0.3, -0.25) is 4.79 Å². The van der Waals surface area contributed by atoms with Gasteiger partial charge in [0.15, 0.2) is 0 Å². The largest absolute Gasteiger partial charge is 0.381 e. The highest BCUT2D eigenvalue weighted by Gasteiger charge is 2.32. The Morgan fingerprint density at radius 2 is 2.11 bits per heavy atom. The van der Waals surface area contributed by atoms with Gasteiger partial charge in [0.25, 0.3) is 0 Å². The quantitative estimate of drug-likeness (QED) is 0.752. The van der Waals surface area contributed by atoms with E-state index in [9.17, 15) is 4.79 Å². The standard InChI is InChI=1S/C13H24N2O3/c1-9(10-3-5-18-6-4-10)13(16)15-11-7-14-8-12(11)17-2/h9-12,14H,3-8H2,1-2H3,(H,15,16)/t9?,11?,12-/m0/s1. The van der Waals surface area contributed by atoms with Crippen LogP contribution in [0.5, 0.6) is 0 Å². The molecular weight excluding hydrogens is 232 g/mol. The lowest BCUT2D eigenvalue weighted by Gasteiger charge is -2.28. The summed E-state index contributed by atoms with van der Waals surface area (Å²) in [7, 11) is 1.69. The van der Waals surface area contributed by atoms with E-state index in [1.807, 2.05) is 6.92 Å². The van der Waals surface area contributed by atoms with Crippen LogP contribution < -0.4 is 10.6 Å². The molecule has 2 heterocycles. The Balaban J connectivity index is 1.82. The third kappa shape index (κ3) is 3.22. The minimum Gasteiger partial charge on any atom is -0.381 e. The van der Waals surface area contributed by atoms with Crippen molar-refractivity contribution in [3.63, 3.8) is 0 Å². The average molecular weight is 256 g/mol. The summed E-state index contributed by atoms with van der Waals surface area (Å²) in [6, 6.07) is 0.102. The Hall–Kier alpha value is -0.650. The van der Waals surface area contributed by atoms with Gasteiger partial charge in [0, 0.05) is 39.3 Å². The van der Waals surface area contributed by atoms with Crippen LogP contribution in [-0.4, -0.2) is 51.5 Å². The van der Waals surface area contributed by atoms with E-state index in [1.54, 1.807) is 7.11 Å². The molecule has 2 N–H and O–H groups in total. The van der Waals surface area contributed by atoms with Gasteiger partial charge in [-0.1, -0.05) is 6.92 Å². The summed E-state index contributed by atoms with van der Waals surface area (Å²) in [6.07, 6.45) is 2.08. The monoisotopic (exact) mass is 256 g/mol. The zero-order valence-electron chi connectivity index (χ0n) is 11.3. The summed E-state index contributed by atoms with van der Waals surface area (Å²) in [5.74, 6) is 0.666. The van der Waals surface area contributed by atoms with Crippen LogP contribution in [-0.2, 0) is 14.3 Å². The van der Waals surface area contributed by atoms with E-state index in [1.165, 1.54) is 0 Å². The van der Waals surface area contributed by atoms with Crippen LogP contribution in [0.2, 0.25) is 0 Å². The Kier molecular flexibility index (Phi) is 4.97. The lowest BCUT2D eigenvalue weighted by atomic mass is 9.86. The maximum atomic E-state index is 12.2. The summed E-state index contributed by atoms with van der Waals surface area (Å²) in [4.78, 5) is 12.2. The summed E-state index contributed by atoms with van der Waals surface area (Å²) in [5.41, 5.74) is 0. The molecule has 18 heavy (non-hydrogen) atoms. The van der Waals surface area contributed by atoms with Crippen LogP contribution in [0.25, 0.3) is 0 Å². The molecule has 0 radical (unpaired) electrons. The molecule has 0 aromatic heterocycles. The predicted molar refractivity (Wildman–Crippen MR) is 68.3 cm³/mol. The number of rotatable bonds is 4. The van der Waals surface area contributed by atoms with E-state index >= 15 is 0 Å². The van der Waals surface area contributed by atoms with Crippen LogP contribution in [0.1, 0.15) is 19.8 Å². The topological polar surface area (TPSA) is 59.6 Å². The number of hydrogen-bond acceptors (Lipinski definition) is 4. The summed E-state index contributed by atoms with van der Waals surface area (Å²) in [6.45, 7) is 5.20. The molecule has 2 aliphatic rings. The van der Waals surface area contributed by atoms with E-state index in [0.29, 0.717) is 5.92 Å². The molecule has 5 heteroatoms. The second-order valence-corrected chi connectivity index (χ2v) is 5.29. The fourth-order valence-corrected chi connectivity index (χ4v) is 2.79. The molecule has 2 unspecified atom stereocenters. The van der Waals surface area contributed by atoms with Crippen LogP contribution in [0.3, 0.4) is 0 Å². The molecule has 104 valence electrons. The van der Waals surface area contributed by atoms with Crippen LogP contribution >= 0.6 is 0 Å². The van der Waals surface area contributed by atoms with Gasteiger partial charge in [0.05, 0.1) is 12.1 Å². The van der Waals surface area contributed by atoms with Crippen molar-refractivity contribution < 1.29 is 14.3 Å². The van der Waals surface area contributed by atoms with Gasteiger partial charge in [-0.2, -0.15) is 0 Å². The van der Waals surface area contributed by atoms with Crippen molar-refractivity contribution in [2.75, 3.05) is 33.4 Å². The van der Waals surface area contributed by atoms with Crippen molar-refractivity contribution in [2.24, 2.45) is 11.8 Å². The van der Waals surface area contributed by atoms with Crippen molar-refractivity contribution in [2.45, 2.75) is 31.9 Å². The zero-order valence-corrected chi connectivity index (χ0v) is 11.3. The summed E-state index contributed by atoms with van der Waals surface area (Å²) in [5, 5.41) is 6.35. The van der Waals surface area contributed by atoms with E-state index in [-0.39, 0.29) is 24.0 Å². The molecule has 3 atom stereocenters. The van der Waals surface area contributed by atoms with Crippen LogP contribution in [0.4, 0.5) is 0 Å². The second kappa shape index (κ2) is 6.50.